The first kappa shape index (κ1) is 15.8. The summed E-state index contributed by atoms with van der Waals surface area (Å²) in [5, 5.41) is -0.338. The predicted octanol–water partition coefficient (Wildman–Crippen LogP) is 3.24. The monoisotopic (exact) mass is 335 g/mol. The molecule has 0 spiro atoms. The van der Waals surface area contributed by atoms with Crippen molar-refractivity contribution in [3.8, 4) is 0 Å². The van der Waals surface area contributed by atoms with E-state index in [0.717, 1.165) is 30.3 Å². The van der Waals surface area contributed by atoms with Crippen LogP contribution in [0.5, 0.6) is 0 Å². The van der Waals surface area contributed by atoms with Gasteiger partial charge in [-0.25, -0.2) is 26.3 Å². The third-order valence-electron chi connectivity index (χ3n) is 2.59. The average Bonchev–Trinajstić information content (AvgIpc) is 2.38. The van der Waals surface area contributed by atoms with Gasteiger partial charge in [-0.15, -0.1) is 0 Å². The van der Waals surface area contributed by atoms with Gasteiger partial charge in [-0.05, 0) is 35.9 Å². The number of rotatable bonds is 4. The van der Waals surface area contributed by atoms with Gasteiger partial charge in [0.05, 0.1) is 9.92 Å². The summed E-state index contributed by atoms with van der Waals surface area (Å²) in [7, 11) is -3.97. The topological polar surface area (TPSA) is 46.2 Å². The summed E-state index contributed by atoms with van der Waals surface area (Å²) in [5.41, 5.74) is 0.115. The smallest absolute Gasteiger partial charge is 0.207 e. The molecule has 2 rings (SSSR count). The van der Waals surface area contributed by atoms with Crippen LogP contribution in [0.25, 0.3) is 0 Å². The number of hydrogen-bond acceptors (Lipinski definition) is 2. The third kappa shape index (κ3) is 3.96. The van der Waals surface area contributed by atoms with E-state index in [1.807, 2.05) is 0 Å². The number of halogens is 4. The molecule has 8 heteroatoms. The number of nitrogens with one attached hydrogen (secondary N) is 1. The maximum Gasteiger partial charge on any atom is 0.240 e. The molecular weight excluding hydrogens is 327 g/mol. The zero-order valence-corrected chi connectivity index (χ0v) is 12.0. The van der Waals surface area contributed by atoms with E-state index in [0.29, 0.717) is 6.07 Å². The lowest BCUT2D eigenvalue weighted by molar-refractivity contribution is 0.570. The van der Waals surface area contributed by atoms with E-state index in [-0.39, 0.29) is 22.0 Å². The second-order valence-corrected chi connectivity index (χ2v) is 6.35. The Hall–Kier alpha value is -1.57. The quantitative estimate of drug-likeness (QED) is 0.932. The van der Waals surface area contributed by atoms with E-state index in [9.17, 15) is 21.6 Å². The van der Waals surface area contributed by atoms with Crippen molar-refractivity contribution < 1.29 is 21.6 Å². The fraction of sp³-hybridized carbons (Fsp3) is 0.0769. The second kappa shape index (κ2) is 6.05. The van der Waals surface area contributed by atoms with Gasteiger partial charge in [0, 0.05) is 12.6 Å². The first-order valence-electron chi connectivity index (χ1n) is 5.67. The molecule has 0 unspecified atom stereocenters. The highest BCUT2D eigenvalue weighted by Crippen LogP contribution is 2.19. The van der Waals surface area contributed by atoms with Crippen molar-refractivity contribution in [2.45, 2.75) is 11.4 Å². The molecule has 0 fully saturated rings. The van der Waals surface area contributed by atoms with Crippen LogP contribution < -0.4 is 4.72 Å². The standard InChI is InChI=1S/C13H9ClF3NO2S/c14-12-6-11(1-2-13(12)17)21(19,20)18-7-8-3-9(15)5-10(16)4-8/h1-6,18H,7H2. The molecule has 0 amide bonds. The Kier molecular flexibility index (Phi) is 4.55. The van der Waals surface area contributed by atoms with E-state index in [1.165, 1.54) is 0 Å². The van der Waals surface area contributed by atoms with Crippen molar-refractivity contribution in [3.63, 3.8) is 0 Å². The second-order valence-electron chi connectivity index (χ2n) is 4.18. The SMILES string of the molecule is O=S(=O)(NCc1cc(F)cc(F)c1)c1ccc(F)c(Cl)c1. The van der Waals surface area contributed by atoms with E-state index in [1.54, 1.807) is 0 Å². The summed E-state index contributed by atoms with van der Waals surface area (Å²) in [6.07, 6.45) is 0. The third-order valence-corrected chi connectivity index (χ3v) is 4.28. The van der Waals surface area contributed by atoms with Crippen LogP contribution >= 0.6 is 11.6 Å². The molecule has 0 aliphatic carbocycles. The summed E-state index contributed by atoms with van der Waals surface area (Å²) < 4.78 is 65.0. The minimum Gasteiger partial charge on any atom is -0.207 e. The molecule has 112 valence electrons. The van der Waals surface area contributed by atoms with Crippen molar-refractivity contribution in [3.05, 3.63) is 64.4 Å². The maximum atomic E-state index is 13.0. The average molecular weight is 336 g/mol. The van der Waals surface area contributed by atoms with Crippen molar-refractivity contribution in [2.75, 3.05) is 0 Å². The molecule has 0 aromatic heterocycles. The molecular formula is C13H9ClF3NO2S. The summed E-state index contributed by atoms with van der Waals surface area (Å²) in [4.78, 5) is -0.245. The van der Waals surface area contributed by atoms with Crippen LogP contribution in [-0.2, 0) is 16.6 Å². The first-order valence-corrected chi connectivity index (χ1v) is 7.54. The fourth-order valence-corrected chi connectivity index (χ4v) is 2.91. The molecule has 0 radical (unpaired) electrons. The number of sulfonamides is 1. The number of benzene rings is 2. The fourth-order valence-electron chi connectivity index (χ4n) is 1.62. The summed E-state index contributed by atoms with van der Waals surface area (Å²) in [5.74, 6) is -2.37. The molecule has 2 aromatic rings. The molecule has 0 atom stereocenters. The van der Waals surface area contributed by atoms with Crippen molar-refractivity contribution in [1.29, 1.82) is 0 Å². The van der Waals surface area contributed by atoms with Gasteiger partial charge < -0.3 is 0 Å². The van der Waals surface area contributed by atoms with Crippen LogP contribution in [0.15, 0.2) is 41.3 Å². The molecule has 0 heterocycles. The molecule has 0 saturated heterocycles. The molecule has 3 nitrogen and oxygen atoms in total. The van der Waals surface area contributed by atoms with Crippen LogP contribution in [0.2, 0.25) is 5.02 Å². The maximum absolute atomic E-state index is 13.0. The van der Waals surface area contributed by atoms with Gasteiger partial charge in [-0.2, -0.15) is 0 Å². The molecule has 0 aliphatic heterocycles. The molecule has 0 saturated carbocycles. The lowest BCUT2D eigenvalue weighted by atomic mass is 10.2. The summed E-state index contributed by atoms with van der Waals surface area (Å²) >= 11 is 5.51. The van der Waals surface area contributed by atoms with Crippen molar-refractivity contribution in [2.24, 2.45) is 0 Å². The van der Waals surface area contributed by atoms with E-state index >= 15 is 0 Å². The Bertz CT molecular complexity index is 761. The van der Waals surface area contributed by atoms with Crippen LogP contribution in [0.4, 0.5) is 13.2 Å². The van der Waals surface area contributed by atoms with Gasteiger partial charge in [-0.3, -0.25) is 0 Å². The summed E-state index contributed by atoms with van der Waals surface area (Å²) in [6.45, 7) is -0.313. The zero-order chi connectivity index (χ0) is 15.6. The molecule has 0 aliphatic rings. The predicted molar refractivity (Wildman–Crippen MR) is 71.8 cm³/mol. The summed E-state index contributed by atoms with van der Waals surface area (Å²) in [6, 6.07) is 5.59. The molecule has 21 heavy (non-hydrogen) atoms. The molecule has 0 bridgehead atoms. The Labute approximate surface area is 124 Å². The minimum atomic E-state index is -3.97. The Morgan fingerprint density at radius 3 is 2.19 bits per heavy atom. The highest BCUT2D eigenvalue weighted by molar-refractivity contribution is 7.89. The highest BCUT2D eigenvalue weighted by atomic mass is 35.5. The van der Waals surface area contributed by atoms with Gasteiger partial charge in [0.1, 0.15) is 17.5 Å². The van der Waals surface area contributed by atoms with Crippen LogP contribution in [0, 0.1) is 17.5 Å². The Balaban J connectivity index is 2.19. The van der Waals surface area contributed by atoms with Gasteiger partial charge in [0.15, 0.2) is 0 Å². The Morgan fingerprint density at radius 2 is 1.62 bits per heavy atom. The Morgan fingerprint density at radius 1 is 1.00 bits per heavy atom. The molecule has 1 N–H and O–H groups in total. The van der Waals surface area contributed by atoms with Crippen LogP contribution in [-0.4, -0.2) is 8.42 Å². The lowest BCUT2D eigenvalue weighted by Crippen LogP contribution is -2.23. The van der Waals surface area contributed by atoms with Crippen LogP contribution in [0.3, 0.4) is 0 Å². The minimum absolute atomic E-state index is 0.115. The highest BCUT2D eigenvalue weighted by Gasteiger charge is 2.16. The van der Waals surface area contributed by atoms with Crippen molar-refractivity contribution >= 4 is 21.6 Å². The van der Waals surface area contributed by atoms with E-state index < -0.39 is 27.5 Å². The van der Waals surface area contributed by atoms with Crippen LogP contribution in [0.1, 0.15) is 5.56 Å². The van der Waals surface area contributed by atoms with Gasteiger partial charge in [0.25, 0.3) is 0 Å². The number of hydrogen-bond donors (Lipinski definition) is 1. The van der Waals surface area contributed by atoms with E-state index in [4.69, 9.17) is 11.6 Å². The van der Waals surface area contributed by atoms with Crippen molar-refractivity contribution in [1.82, 2.24) is 4.72 Å². The zero-order valence-electron chi connectivity index (χ0n) is 10.4. The van der Waals surface area contributed by atoms with Gasteiger partial charge in [-0.1, -0.05) is 11.6 Å². The first-order chi connectivity index (χ1) is 9.78. The molecule has 2 aromatic carbocycles. The van der Waals surface area contributed by atoms with E-state index in [2.05, 4.69) is 4.72 Å². The largest absolute Gasteiger partial charge is 0.240 e. The van der Waals surface area contributed by atoms with Gasteiger partial charge in [0.2, 0.25) is 10.0 Å². The lowest BCUT2D eigenvalue weighted by Gasteiger charge is -2.08. The van der Waals surface area contributed by atoms with Gasteiger partial charge >= 0.3 is 0 Å². The normalized spacial score (nSPS) is 11.6.